The lowest BCUT2D eigenvalue weighted by atomic mass is 10.2. The van der Waals surface area contributed by atoms with Crippen molar-refractivity contribution in [1.29, 1.82) is 0 Å². The van der Waals surface area contributed by atoms with Gasteiger partial charge in [0.1, 0.15) is 0 Å². The Labute approximate surface area is 92.7 Å². The van der Waals surface area contributed by atoms with Crippen molar-refractivity contribution < 1.29 is 0 Å². The molecule has 0 atom stereocenters. The molecule has 1 heteroatoms. The molecule has 0 heterocycles. The van der Waals surface area contributed by atoms with Crippen molar-refractivity contribution in [2.45, 2.75) is 13.5 Å². The summed E-state index contributed by atoms with van der Waals surface area (Å²) in [6, 6.07) is 10.5. The Morgan fingerprint density at radius 2 is 2.00 bits per heavy atom. The van der Waals surface area contributed by atoms with Gasteiger partial charge in [-0.2, -0.15) is 0 Å². The Kier molecular flexibility index (Phi) is 4.85. The van der Waals surface area contributed by atoms with Crippen LogP contribution in [0.1, 0.15) is 12.5 Å². The van der Waals surface area contributed by atoms with Gasteiger partial charge in [-0.05, 0) is 19.5 Å². The van der Waals surface area contributed by atoms with Crippen molar-refractivity contribution >= 4 is 0 Å². The average molecular weight is 201 g/mol. The highest BCUT2D eigenvalue weighted by molar-refractivity contribution is 5.15. The molecule has 0 aliphatic rings. The van der Waals surface area contributed by atoms with Crippen molar-refractivity contribution in [1.82, 2.24) is 4.90 Å². The molecule has 1 aromatic rings. The maximum atomic E-state index is 3.70. The summed E-state index contributed by atoms with van der Waals surface area (Å²) in [7, 11) is 2.13. The molecular weight excluding hydrogens is 182 g/mol. The molecule has 15 heavy (non-hydrogen) atoms. The lowest BCUT2D eigenvalue weighted by molar-refractivity contribution is 0.355. The summed E-state index contributed by atoms with van der Waals surface area (Å²) >= 11 is 0. The van der Waals surface area contributed by atoms with Crippen molar-refractivity contribution in [2.24, 2.45) is 0 Å². The first kappa shape index (κ1) is 11.7. The molecule has 0 aliphatic carbocycles. The molecule has 0 saturated carbocycles. The molecule has 0 saturated heterocycles. The zero-order chi connectivity index (χ0) is 11.1. The normalized spacial score (nSPS) is 11.8. The molecule has 0 spiro atoms. The standard InChI is InChI=1S/C14H19N/c1-4-8-13(2)11-15(3)12-14-9-6-5-7-10-14/h4-10H,1,11-12H2,2-3H3/b13-8+. The molecule has 1 rings (SSSR count). The third kappa shape index (κ3) is 4.61. The minimum atomic E-state index is 0.987. The fourth-order valence-electron chi connectivity index (χ4n) is 1.63. The van der Waals surface area contributed by atoms with E-state index in [4.69, 9.17) is 0 Å². The van der Waals surface area contributed by atoms with Crippen LogP contribution in [0.3, 0.4) is 0 Å². The lowest BCUT2D eigenvalue weighted by Crippen LogP contribution is -2.19. The van der Waals surface area contributed by atoms with Gasteiger partial charge < -0.3 is 0 Å². The summed E-state index contributed by atoms with van der Waals surface area (Å²) in [5.74, 6) is 0. The van der Waals surface area contributed by atoms with Crippen LogP contribution < -0.4 is 0 Å². The number of allylic oxidation sites excluding steroid dienone is 2. The molecule has 80 valence electrons. The summed E-state index contributed by atoms with van der Waals surface area (Å²) in [6.07, 6.45) is 3.90. The Hall–Kier alpha value is -1.34. The van der Waals surface area contributed by atoms with Crippen molar-refractivity contribution in [3.05, 3.63) is 60.2 Å². The van der Waals surface area contributed by atoms with Gasteiger partial charge in [-0.15, -0.1) is 0 Å². The summed E-state index contributed by atoms with van der Waals surface area (Å²) in [4.78, 5) is 2.30. The summed E-state index contributed by atoms with van der Waals surface area (Å²) < 4.78 is 0. The predicted octanol–water partition coefficient (Wildman–Crippen LogP) is 3.25. The van der Waals surface area contributed by atoms with Gasteiger partial charge in [-0.1, -0.05) is 54.6 Å². The Morgan fingerprint density at radius 3 is 2.60 bits per heavy atom. The van der Waals surface area contributed by atoms with E-state index in [1.807, 2.05) is 12.1 Å². The molecule has 0 unspecified atom stereocenters. The first-order valence-electron chi connectivity index (χ1n) is 5.23. The van der Waals surface area contributed by atoms with E-state index in [0.717, 1.165) is 13.1 Å². The van der Waals surface area contributed by atoms with Gasteiger partial charge in [0.25, 0.3) is 0 Å². The van der Waals surface area contributed by atoms with E-state index >= 15 is 0 Å². The van der Waals surface area contributed by atoms with E-state index in [-0.39, 0.29) is 0 Å². The quantitative estimate of drug-likeness (QED) is 0.661. The maximum Gasteiger partial charge on any atom is 0.0234 e. The number of likely N-dealkylation sites (N-methyl/N-ethyl adjacent to an activating group) is 1. The highest BCUT2D eigenvalue weighted by Crippen LogP contribution is 2.04. The predicted molar refractivity (Wildman–Crippen MR) is 66.7 cm³/mol. The first-order chi connectivity index (χ1) is 7.22. The molecule has 0 aromatic heterocycles. The van der Waals surface area contributed by atoms with Crippen LogP contribution in [0.2, 0.25) is 0 Å². The summed E-state index contributed by atoms with van der Waals surface area (Å²) in [5, 5.41) is 0. The van der Waals surface area contributed by atoms with E-state index in [0.29, 0.717) is 0 Å². The fraction of sp³-hybridized carbons (Fsp3) is 0.286. The number of rotatable bonds is 5. The van der Waals surface area contributed by atoms with Crippen LogP contribution in [-0.2, 0) is 6.54 Å². The SMILES string of the molecule is C=C/C=C(\C)CN(C)Cc1ccccc1. The van der Waals surface area contributed by atoms with E-state index < -0.39 is 0 Å². The largest absolute Gasteiger partial charge is 0.298 e. The molecule has 1 nitrogen and oxygen atoms in total. The van der Waals surface area contributed by atoms with E-state index in [9.17, 15) is 0 Å². The summed E-state index contributed by atoms with van der Waals surface area (Å²) in [5.41, 5.74) is 2.69. The highest BCUT2D eigenvalue weighted by Gasteiger charge is 1.99. The van der Waals surface area contributed by atoms with Gasteiger partial charge in [0.05, 0.1) is 0 Å². The zero-order valence-electron chi connectivity index (χ0n) is 9.61. The van der Waals surface area contributed by atoms with Gasteiger partial charge in [0.2, 0.25) is 0 Å². The molecule has 0 fully saturated rings. The van der Waals surface area contributed by atoms with Gasteiger partial charge in [0.15, 0.2) is 0 Å². The highest BCUT2D eigenvalue weighted by atomic mass is 15.1. The Morgan fingerprint density at radius 1 is 1.33 bits per heavy atom. The van der Waals surface area contributed by atoms with E-state index in [2.05, 4.69) is 55.8 Å². The lowest BCUT2D eigenvalue weighted by Gasteiger charge is -2.16. The molecule has 0 N–H and O–H groups in total. The van der Waals surface area contributed by atoms with Crippen molar-refractivity contribution in [3.8, 4) is 0 Å². The second-order valence-electron chi connectivity index (χ2n) is 3.91. The molecular formula is C14H19N. The van der Waals surface area contributed by atoms with Gasteiger partial charge in [0, 0.05) is 13.1 Å². The Balaban J connectivity index is 2.46. The molecule has 1 aromatic carbocycles. The van der Waals surface area contributed by atoms with Crippen LogP contribution in [-0.4, -0.2) is 18.5 Å². The number of hydrogen-bond donors (Lipinski definition) is 0. The third-order valence-electron chi connectivity index (χ3n) is 2.22. The van der Waals surface area contributed by atoms with Crippen LogP contribution in [0, 0.1) is 0 Å². The fourth-order valence-corrected chi connectivity index (χ4v) is 1.63. The number of hydrogen-bond acceptors (Lipinski definition) is 1. The summed E-state index contributed by atoms with van der Waals surface area (Å²) in [6.45, 7) is 7.80. The second kappa shape index (κ2) is 6.20. The minimum absolute atomic E-state index is 0.987. The average Bonchev–Trinajstić information content (AvgIpc) is 2.19. The number of nitrogens with zero attached hydrogens (tertiary/aromatic N) is 1. The van der Waals surface area contributed by atoms with Crippen LogP contribution in [0.5, 0.6) is 0 Å². The Bertz CT molecular complexity index is 324. The van der Waals surface area contributed by atoms with Crippen LogP contribution in [0.15, 0.2) is 54.6 Å². The monoisotopic (exact) mass is 201 g/mol. The topological polar surface area (TPSA) is 3.24 Å². The minimum Gasteiger partial charge on any atom is -0.298 e. The van der Waals surface area contributed by atoms with E-state index in [1.165, 1.54) is 11.1 Å². The molecule has 0 aliphatic heterocycles. The van der Waals surface area contributed by atoms with Crippen molar-refractivity contribution in [3.63, 3.8) is 0 Å². The molecule has 0 radical (unpaired) electrons. The van der Waals surface area contributed by atoms with Gasteiger partial charge in [-0.3, -0.25) is 4.90 Å². The van der Waals surface area contributed by atoms with Gasteiger partial charge >= 0.3 is 0 Å². The molecule has 0 amide bonds. The van der Waals surface area contributed by atoms with E-state index in [1.54, 1.807) is 0 Å². The van der Waals surface area contributed by atoms with Crippen LogP contribution in [0.4, 0.5) is 0 Å². The second-order valence-corrected chi connectivity index (χ2v) is 3.91. The third-order valence-corrected chi connectivity index (χ3v) is 2.22. The zero-order valence-corrected chi connectivity index (χ0v) is 9.61. The van der Waals surface area contributed by atoms with Crippen LogP contribution >= 0.6 is 0 Å². The first-order valence-corrected chi connectivity index (χ1v) is 5.23. The van der Waals surface area contributed by atoms with Crippen LogP contribution in [0.25, 0.3) is 0 Å². The number of benzene rings is 1. The smallest absolute Gasteiger partial charge is 0.0234 e. The molecule has 0 bridgehead atoms. The van der Waals surface area contributed by atoms with Crippen molar-refractivity contribution in [2.75, 3.05) is 13.6 Å². The van der Waals surface area contributed by atoms with Gasteiger partial charge in [-0.25, -0.2) is 0 Å². The maximum absolute atomic E-state index is 3.70.